The van der Waals surface area contributed by atoms with Crippen LogP contribution >= 0.6 is 11.6 Å². The zero-order valence-electron chi connectivity index (χ0n) is 10.2. The Hall–Kier alpha value is -1.60. The third kappa shape index (κ3) is 2.40. The van der Waals surface area contributed by atoms with Gasteiger partial charge in [0, 0.05) is 5.02 Å². The maximum absolute atomic E-state index is 13.9. The van der Waals surface area contributed by atoms with Crippen LogP contribution in [-0.4, -0.2) is 17.2 Å². The monoisotopic (exact) mass is 326 g/mol. The lowest BCUT2D eigenvalue weighted by Crippen LogP contribution is -2.55. The van der Waals surface area contributed by atoms with Crippen molar-refractivity contribution in [2.45, 2.75) is 17.7 Å². The van der Waals surface area contributed by atoms with E-state index in [1.807, 2.05) is 0 Å². The number of hydrogen-bond donors (Lipinski definition) is 1. The first-order chi connectivity index (χ1) is 9.60. The molecule has 114 valence electrons. The number of alkyl halides is 5. The molecule has 1 aromatic carbocycles. The largest absolute Gasteiger partial charge is 0.466 e. The predicted octanol–water partition coefficient (Wildman–Crippen LogP) is 4.37. The summed E-state index contributed by atoms with van der Waals surface area (Å²) in [4.78, 5) is 0. The van der Waals surface area contributed by atoms with Gasteiger partial charge in [0.05, 0.1) is 6.26 Å². The van der Waals surface area contributed by atoms with Crippen LogP contribution in [0.5, 0.6) is 0 Å². The van der Waals surface area contributed by atoms with Gasteiger partial charge in [-0.3, -0.25) is 0 Å². The molecule has 2 nitrogen and oxygen atoms in total. The molecule has 0 bridgehead atoms. The maximum atomic E-state index is 13.9. The normalized spacial score (nSPS) is 15.8. The van der Waals surface area contributed by atoms with Gasteiger partial charge in [-0.1, -0.05) is 23.7 Å². The van der Waals surface area contributed by atoms with Crippen LogP contribution in [0.3, 0.4) is 0 Å². The average molecular weight is 327 g/mol. The molecule has 0 aliphatic carbocycles. The Balaban J connectivity index is 2.69. The van der Waals surface area contributed by atoms with E-state index in [0.29, 0.717) is 0 Å². The first-order valence-corrected chi connectivity index (χ1v) is 5.95. The van der Waals surface area contributed by atoms with Crippen LogP contribution in [0.4, 0.5) is 22.0 Å². The van der Waals surface area contributed by atoms with Crippen molar-refractivity contribution < 1.29 is 31.5 Å². The molecule has 1 atom stereocenters. The van der Waals surface area contributed by atoms with E-state index >= 15 is 0 Å². The summed E-state index contributed by atoms with van der Waals surface area (Å²) in [6.07, 6.45) is -5.09. The zero-order chi connectivity index (χ0) is 15.9. The summed E-state index contributed by atoms with van der Waals surface area (Å²) in [6.45, 7) is 0. The quantitative estimate of drug-likeness (QED) is 0.850. The molecule has 0 saturated carbocycles. The Kier molecular flexibility index (Phi) is 3.75. The van der Waals surface area contributed by atoms with E-state index in [0.717, 1.165) is 42.7 Å². The van der Waals surface area contributed by atoms with E-state index in [4.69, 9.17) is 11.6 Å². The Labute approximate surface area is 120 Å². The minimum Gasteiger partial charge on any atom is -0.466 e. The molecular formula is C13H8ClF5O2. The van der Waals surface area contributed by atoms with Gasteiger partial charge in [-0.25, -0.2) is 0 Å². The lowest BCUT2D eigenvalue weighted by atomic mass is 9.84. The molecule has 0 spiro atoms. The standard InChI is InChI=1S/C13H8ClF5O2/c14-9-5-3-8(4-6-9)11(20,10-2-1-7-21-10)12(15,16)13(17,18)19/h1-7,20H. The van der Waals surface area contributed by atoms with Gasteiger partial charge in [-0.05, 0) is 29.8 Å². The highest BCUT2D eigenvalue weighted by atomic mass is 35.5. The number of furan rings is 1. The number of hydrogen-bond acceptors (Lipinski definition) is 2. The minimum atomic E-state index is -5.98. The Morgan fingerprint density at radius 3 is 1.95 bits per heavy atom. The van der Waals surface area contributed by atoms with Gasteiger partial charge in [0.2, 0.25) is 5.60 Å². The highest BCUT2D eigenvalue weighted by Gasteiger charge is 2.72. The van der Waals surface area contributed by atoms with Crippen LogP contribution in [-0.2, 0) is 5.60 Å². The van der Waals surface area contributed by atoms with Gasteiger partial charge in [-0.15, -0.1) is 0 Å². The number of halogens is 6. The smallest absolute Gasteiger partial charge is 0.457 e. The summed E-state index contributed by atoms with van der Waals surface area (Å²) in [6, 6.07) is 5.89. The van der Waals surface area contributed by atoms with Crippen molar-refractivity contribution in [3.63, 3.8) is 0 Å². The van der Waals surface area contributed by atoms with E-state index in [-0.39, 0.29) is 5.02 Å². The van der Waals surface area contributed by atoms with Crippen molar-refractivity contribution in [3.8, 4) is 0 Å². The summed E-state index contributed by atoms with van der Waals surface area (Å²) in [5.41, 5.74) is -4.39. The van der Waals surface area contributed by atoms with E-state index in [1.165, 1.54) is 0 Å². The second kappa shape index (κ2) is 4.99. The lowest BCUT2D eigenvalue weighted by Gasteiger charge is -2.35. The molecule has 0 aliphatic heterocycles. The van der Waals surface area contributed by atoms with Crippen molar-refractivity contribution in [3.05, 3.63) is 59.0 Å². The number of aliphatic hydroxyl groups is 1. The van der Waals surface area contributed by atoms with Crippen molar-refractivity contribution in [2.24, 2.45) is 0 Å². The molecule has 0 saturated heterocycles. The first-order valence-electron chi connectivity index (χ1n) is 5.57. The van der Waals surface area contributed by atoms with Crippen molar-refractivity contribution in [1.29, 1.82) is 0 Å². The van der Waals surface area contributed by atoms with Crippen LogP contribution in [0.25, 0.3) is 0 Å². The van der Waals surface area contributed by atoms with Crippen LogP contribution in [0.2, 0.25) is 5.02 Å². The molecule has 8 heteroatoms. The van der Waals surface area contributed by atoms with E-state index in [2.05, 4.69) is 4.42 Å². The molecular weight excluding hydrogens is 319 g/mol. The van der Waals surface area contributed by atoms with Gasteiger partial charge >= 0.3 is 12.1 Å². The zero-order valence-corrected chi connectivity index (χ0v) is 10.9. The Morgan fingerprint density at radius 1 is 0.952 bits per heavy atom. The van der Waals surface area contributed by atoms with E-state index < -0.39 is 29.0 Å². The molecule has 2 rings (SSSR count). The molecule has 0 fully saturated rings. The number of benzene rings is 1. The van der Waals surface area contributed by atoms with Crippen molar-refractivity contribution in [1.82, 2.24) is 0 Å². The highest BCUT2D eigenvalue weighted by molar-refractivity contribution is 6.30. The third-order valence-corrected chi connectivity index (χ3v) is 3.20. The van der Waals surface area contributed by atoms with Gasteiger partial charge in [0.1, 0.15) is 5.76 Å². The minimum absolute atomic E-state index is 0.121. The average Bonchev–Trinajstić information content (AvgIpc) is 2.91. The fourth-order valence-electron chi connectivity index (χ4n) is 1.86. The van der Waals surface area contributed by atoms with Gasteiger partial charge in [0.25, 0.3) is 0 Å². The third-order valence-electron chi connectivity index (χ3n) is 2.95. The first kappa shape index (κ1) is 15.8. The number of rotatable bonds is 3. The second-order valence-electron chi connectivity index (χ2n) is 4.27. The topological polar surface area (TPSA) is 33.4 Å². The summed E-state index contributed by atoms with van der Waals surface area (Å²) in [7, 11) is 0. The molecule has 1 heterocycles. The van der Waals surface area contributed by atoms with E-state index in [1.54, 1.807) is 0 Å². The molecule has 1 N–H and O–H groups in total. The molecule has 21 heavy (non-hydrogen) atoms. The summed E-state index contributed by atoms with van der Waals surface area (Å²) in [5, 5.41) is 10.3. The van der Waals surface area contributed by atoms with Gasteiger partial charge in [-0.2, -0.15) is 22.0 Å². The molecule has 1 aromatic heterocycles. The fourth-order valence-corrected chi connectivity index (χ4v) is 1.98. The van der Waals surface area contributed by atoms with Crippen LogP contribution in [0.1, 0.15) is 11.3 Å². The highest BCUT2D eigenvalue weighted by Crippen LogP contribution is 2.51. The Morgan fingerprint density at radius 2 is 1.52 bits per heavy atom. The molecule has 0 radical (unpaired) electrons. The van der Waals surface area contributed by atoms with E-state index in [9.17, 15) is 27.1 Å². The fraction of sp³-hybridized carbons (Fsp3) is 0.231. The molecule has 2 aromatic rings. The summed E-state index contributed by atoms with van der Waals surface area (Å²) >= 11 is 5.58. The lowest BCUT2D eigenvalue weighted by molar-refractivity contribution is -0.339. The SMILES string of the molecule is OC(c1ccc(Cl)cc1)(c1ccco1)C(F)(F)C(F)(F)F. The predicted molar refractivity (Wildman–Crippen MR) is 64.2 cm³/mol. The van der Waals surface area contributed by atoms with Gasteiger partial charge < -0.3 is 9.52 Å². The molecule has 1 unspecified atom stereocenters. The molecule has 0 aliphatic rings. The van der Waals surface area contributed by atoms with Crippen LogP contribution in [0, 0.1) is 0 Å². The summed E-state index contributed by atoms with van der Waals surface area (Å²) < 4.78 is 70.4. The Bertz CT molecular complexity index is 606. The second-order valence-corrected chi connectivity index (χ2v) is 4.70. The van der Waals surface area contributed by atoms with Crippen LogP contribution < -0.4 is 0 Å². The van der Waals surface area contributed by atoms with Crippen LogP contribution in [0.15, 0.2) is 47.1 Å². The molecule has 0 amide bonds. The van der Waals surface area contributed by atoms with Gasteiger partial charge in [0.15, 0.2) is 0 Å². The van der Waals surface area contributed by atoms with Crippen molar-refractivity contribution >= 4 is 11.6 Å². The maximum Gasteiger partial charge on any atom is 0.457 e. The summed E-state index contributed by atoms with van der Waals surface area (Å²) in [5.74, 6) is -6.39. The van der Waals surface area contributed by atoms with Crippen molar-refractivity contribution in [2.75, 3.05) is 0 Å².